The molecule has 0 spiro atoms. The van der Waals surface area contributed by atoms with E-state index in [4.69, 9.17) is 0 Å². The first kappa shape index (κ1) is 12.4. The predicted octanol–water partition coefficient (Wildman–Crippen LogP) is 1.97. The summed E-state index contributed by atoms with van der Waals surface area (Å²) in [4.78, 5) is 15.3. The van der Waals surface area contributed by atoms with Crippen LogP contribution in [0.25, 0.3) is 0 Å². The molecule has 1 amide bonds. The first-order valence-corrected chi connectivity index (χ1v) is 5.42. The molecule has 0 bridgehead atoms. The molecule has 0 saturated carbocycles. The van der Waals surface area contributed by atoms with Gasteiger partial charge in [0.2, 0.25) is 5.91 Å². The molecule has 1 aromatic rings. The Labute approximate surface area is 95.8 Å². The van der Waals surface area contributed by atoms with E-state index in [0.717, 1.165) is 17.7 Å². The number of hydrogen-bond donors (Lipinski definition) is 1. The summed E-state index contributed by atoms with van der Waals surface area (Å²) in [5.41, 5.74) is 4.41. The van der Waals surface area contributed by atoms with Gasteiger partial charge in [0.05, 0.1) is 5.71 Å². The fourth-order valence-electron chi connectivity index (χ4n) is 1.14. The summed E-state index contributed by atoms with van der Waals surface area (Å²) in [5.74, 6) is -0.126. The normalized spacial score (nSPS) is 11.6. The van der Waals surface area contributed by atoms with Gasteiger partial charge in [-0.1, -0.05) is 20.8 Å². The van der Waals surface area contributed by atoms with Crippen LogP contribution in [0.1, 0.15) is 32.8 Å². The van der Waals surface area contributed by atoms with Gasteiger partial charge in [-0.25, -0.2) is 5.43 Å². The van der Waals surface area contributed by atoms with Crippen molar-refractivity contribution in [3.8, 4) is 0 Å². The molecule has 0 saturated heterocycles. The third kappa shape index (κ3) is 3.46. The van der Waals surface area contributed by atoms with E-state index in [2.05, 4.69) is 15.5 Å². The van der Waals surface area contributed by atoms with Gasteiger partial charge in [0.15, 0.2) is 0 Å². The zero-order chi connectivity index (χ0) is 12.0. The lowest BCUT2D eigenvalue weighted by atomic mass is 10.1. The summed E-state index contributed by atoms with van der Waals surface area (Å²) in [6, 6.07) is 3.76. The Morgan fingerprint density at radius 3 is 2.56 bits per heavy atom. The zero-order valence-electron chi connectivity index (χ0n) is 9.90. The molecule has 1 heterocycles. The van der Waals surface area contributed by atoms with Gasteiger partial charge in [-0.3, -0.25) is 9.78 Å². The van der Waals surface area contributed by atoms with Crippen LogP contribution in [-0.2, 0) is 4.79 Å². The zero-order valence-corrected chi connectivity index (χ0v) is 9.90. The van der Waals surface area contributed by atoms with Crippen molar-refractivity contribution in [1.29, 1.82) is 0 Å². The van der Waals surface area contributed by atoms with Crippen LogP contribution in [0.3, 0.4) is 0 Å². The number of hydrazone groups is 1. The van der Waals surface area contributed by atoms with Crippen LogP contribution in [-0.4, -0.2) is 16.6 Å². The second kappa shape index (κ2) is 6.00. The average molecular weight is 219 g/mol. The van der Waals surface area contributed by atoms with E-state index >= 15 is 0 Å². The van der Waals surface area contributed by atoms with Crippen LogP contribution in [0.5, 0.6) is 0 Å². The molecule has 16 heavy (non-hydrogen) atoms. The highest BCUT2D eigenvalue weighted by atomic mass is 16.2. The first-order valence-electron chi connectivity index (χ1n) is 5.42. The molecular weight excluding hydrogens is 202 g/mol. The van der Waals surface area contributed by atoms with Gasteiger partial charge in [0.1, 0.15) is 0 Å². The van der Waals surface area contributed by atoms with Crippen molar-refractivity contribution >= 4 is 11.6 Å². The van der Waals surface area contributed by atoms with Crippen molar-refractivity contribution in [2.45, 2.75) is 27.2 Å². The lowest BCUT2D eigenvalue weighted by molar-refractivity contribution is -0.123. The molecule has 0 aliphatic carbocycles. The summed E-state index contributed by atoms with van der Waals surface area (Å²) < 4.78 is 0. The highest BCUT2D eigenvalue weighted by molar-refractivity contribution is 6.00. The van der Waals surface area contributed by atoms with Crippen LogP contribution < -0.4 is 5.43 Å². The van der Waals surface area contributed by atoms with Crippen LogP contribution in [0, 0.1) is 5.92 Å². The largest absolute Gasteiger partial charge is 0.273 e. The topological polar surface area (TPSA) is 54.4 Å². The Morgan fingerprint density at radius 2 is 2.06 bits per heavy atom. The number of amides is 1. The molecule has 1 aromatic heterocycles. The highest BCUT2D eigenvalue weighted by Crippen LogP contribution is 2.02. The van der Waals surface area contributed by atoms with Gasteiger partial charge in [-0.05, 0) is 18.6 Å². The van der Waals surface area contributed by atoms with Crippen LogP contribution >= 0.6 is 0 Å². The number of aromatic nitrogens is 1. The summed E-state index contributed by atoms with van der Waals surface area (Å²) in [7, 11) is 0. The van der Waals surface area contributed by atoms with Crippen molar-refractivity contribution in [3.63, 3.8) is 0 Å². The Kier molecular flexibility index (Phi) is 4.64. The number of nitrogens with zero attached hydrogens (tertiary/aromatic N) is 2. The quantitative estimate of drug-likeness (QED) is 0.621. The molecule has 0 fully saturated rings. The van der Waals surface area contributed by atoms with E-state index in [9.17, 15) is 4.79 Å². The van der Waals surface area contributed by atoms with Gasteiger partial charge >= 0.3 is 0 Å². The van der Waals surface area contributed by atoms with Gasteiger partial charge in [0, 0.05) is 23.9 Å². The summed E-state index contributed by atoms with van der Waals surface area (Å²) in [6.45, 7) is 5.67. The molecule has 0 aromatic carbocycles. The molecule has 0 aliphatic heterocycles. The van der Waals surface area contributed by atoms with E-state index in [-0.39, 0.29) is 11.8 Å². The van der Waals surface area contributed by atoms with Crippen molar-refractivity contribution in [3.05, 3.63) is 30.1 Å². The van der Waals surface area contributed by atoms with Crippen LogP contribution in [0.4, 0.5) is 0 Å². The molecule has 0 aliphatic rings. The van der Waals surface area contributed by atoms with E-state index < -0.39 is 0 Å². The molecule has 0 radical (unpaired) electrons. The Bertz CT molecular complexity index is 371. The maximum absolute atomic E-state index is 11.4. The van der Waals surface area contributed by atoms with Crippen molar-refractivity contribution in [2.75, 3.05) is 0 Å². The molecule has 1 N–H and O–H groups in total. The first-order chi connectivity index (χ1) is 7.65. The van der Waals surface area contributed by atoms with Crippen molar-refractivity contribution in [2.24, 2.45) is 11.0 Å². The molecular formula is C12H17N3O. The number of carbonyl (C=O) groups is 1. The van der Waals surface area contributed by atoms with E-state index in [1.54, 1.807) is 12.4 Å². The Hall–Kier alpha value is -1.71. The van der Waals surface area contributed by atoms with Crippen LogP contribution in [0.15, 0.2) is 29.6 Å². The lowest BCUT2D eigenvalue weighted by Crippen LogP contribution is -2.24. The van der Waals surface area contributed by atoms with E-state index in [1.807, 2.05) is 32.9 Å². The van der Waals surface area contributed by atoms with Gasteiger partial charge in [0.25, 0.3) is 0 Å². The summed E-state index contributed by atoms with van der Waals surface area (Å²) >= 11 is 0. The number of hydrogen-bond acceptors (Lipinski definition) is 3. The minimum Gasteiger partial charge on any atom is -0.273 e. The maximum atomic E-state index is 11.4. The van der Waals surface area contributed by atoms with Gasteiger partial charge in [-0.15, -0.1) is 0 Å². The van der Waals surface area contributed by atoms with Crippen molar-refractivity contribution in [1.82, 2.24) is 10.4 Å². The van der Waals surface area contributed by atoms with E-state index in [0.29, 0.717) is 0 Å². The van der Waals surface area contributed by atoms with Gasteiger partial charge < -0.3 is 0 Å². The molecule has 4 heteroatoms. The minimum atomic E-state index is -0.0694. The monoisotopic (exact) mass is 219 g/mol. The Balaban J connectivity index is 2.76. The number of nitrogens with one attached hydrogen (secondary N) is 1. The fraction of sp³-hybridized carbons (Fsp3) is 0.417. The van der Waals surface area contributed by atoms with E-state index in [1.165, 1.54) is 0 Å². The number of carbonyl (C=O) groups excluding carboxylic acids is 1. The summed E-state index contributed by atoms with van der Waals surface area (Å²) in [6.07, 6.45) is 4.19. The predicted molar refractivity (Wildman–Crippen MR) is 64.0 cm³/mol. The number of rotatable bonds is 4. The fourth-order valence-corrected chi connectivity index (χ4v) is 1.14. The highest BCUT2D eigenvalue weighted by Gasteiger charge is 2.06. The Morgan fingerprint density at radius 1 is 1.44 bits per heavy atom. The molecule has 0 atom stereocenters. The second-order valence-corrected chi connectivity index (χ2v) is 3.78. The second-order valence-electron chi connectivity index (χ2n) is 3.78. The third-order valence-corrected chi connectivity index (χ3v) is 2.17. The molecule has 1 rings (SSSR count). The summed E-state index contributed by atoms with van der Waals surface area (Å²) in [5, 5.41) is 4.12. The minimum absolute atomic E-state index is 0.0562. The molecule has 0 unspecified atom stereocenters. The third-order valence-electron chi connectivity index (χ3n) is 2.17. The van der Waals surface area contributed by atoms with Crippen molar-refractivity contribution < 1.29 is 4.79 Å². The SMILES string of the molecule is CCC(=NNC(=O)C(C)C)c1ccncc1. The smallest absolute Gasteiger partial charge is 0.242 e. The van der Waals surface area contributed by atoms with Crippen LogP contribution in [0.2, 0.25) is 0 Å². The molecule has 86 valence electrons. The molecule has 4 nitrogen and oxygen atoms in total. The average Bonchev–Trinajstić information content (AvgIpc) is 2.30. The maximum Gasteiger partial charge on any atom is 0.242 e. The lowest BCUT2D eigenvalue weighted by Gasteiger charge is -2.06. The standard InChI is InChI=1S/C12H17N3O/c1-4-11(10-5-7-13-8-6-10)14-15-12(16)9(2)3/h5-9H,4H2,1-3H3,(H,15,16). The number of pyridine rings is 1. The van der Waals surface area contributed by atoms with Gasteiger partial charge in [-0.2, -0.15) is 5.10 Å².